The largest absolute Gasteiger partial charge is 0.619 e. The number of nitrogens with zero attached hydrogens (tertiary/aromatic N) is 1. The summed E-state index contributed by atoms with van der Waals surface area (Å²) >= 11 is 1.71. The Labute approximate surface area is 135 Å². The number of hydrogen-bond donors (Lipinski definition) is 0. The quantitative estimate of drug-likeness (QED) is 0.324. The second-order valence-electron chi connectivity index (χ2n) is 4.91. The highest BCUT2D eigenvalue weighted by Crippen LogP contribution is 2.21. The van der Waals surface area contributed by atoms with Gasteiger partial charge in [0.1, 0.15) is 12.4 Å². The lowest BCUT2D eigenvalue weighted by molar-refractivity contribution is -0.613. The second kappa shape index (κ2) is 8.66. The van der Waals surface area contributed by atoms with Gasteiger partial charge in [0.2, 0.25) is 0 Å². The number of aryl methyl sites for hydroxylation is 2. The third-order valence-corrected chi connectivity index (χ3v) is 4.23. The van der Waals surface area contributed by atoms with Crippen LogP contribution in [0.4, 0.5) is 0 Å². The highest BCUT2D eigenvalue weighted by atomic mass is 32.2. The van der Waals surface area contributed by atoms with Gasteiger partial charge in [0, 0.05) is 29.2 Å². The summed E-state index contributed by atoms with van der Waals surface area (Å²) in [5.74, 6) is 1.72. The van der Waals surface area contributed by atoms with Crippen LogP contribution in [0.3, 0.4) is 0 Å². The van der Waals surface area contributed by atoms with E-state index in [-0.39, 0.29) is 0 Å². The van der Waals surface area contributed by atoms with E-state index in [0.717, 1.165) is 26.7 Å². The molecule has 1 aromatic heterocycles. The van der Waals surface area contributed by atoms with Crippen LogP contribution in [0, 0.1) is 19.1 Å². The van der Waals surface area contributed by atoms with Gasteiger partial charge in [-0.1, -0.05) is 18.2 Å². The van der Waals surface area contributed by atoms with Gasteiger partial charge in [-0.3, -0.25) is 0 Å². The Balaban J connectivity index is 1.61. The molecule has 0 N–H and O–H groups in total. The maximum absolute atomic E-state index is 11.4. The molecule has 0 radical (unpaired) electrons. The predicted octanol–water partition coefficient (Wildman–Crippen LogP) is 3.12. The summed E-state index contributed by atoms with van der Waals surface area (Å²) in [6.45, 7) is 5.55. The molecule has 0 unspecified atom stereocenters. The fraction of sp³-hybridized carbons (Fsp3) is 0.353. The molecule has 0 aliphatic carbocycles. The smallest absolute Gasteiger partial charge is 0.190 e. The van der Waals surface area contributed by atoms with E-state index in [1.165, 1.54) is 0 Å². The fourth-order valence-corrected chi connectivity index (χ4v) is 2.87. The van der Waals surface area contributed by atoms with E-state index in [9.17, 15) is 5.21 Å². The maximum Gasteiger partial charge on any atom is 0.190 e. The van der Waals surface area contributed by atoms with Crippen LogP contribution in [-0.2, 0) is 4.74 Å². The van der Waals surface area contributed by atoms with Crippen LogP contribution in [0.25, 0.3) is 0 Å². The monoisotopic (exact) mass is 319 g/mol. The lowest BCUT2D eigenvalue weighted by Crippen LogP contribution is -2.29. The molecule has 1 aromatic carbocycles. The Hall–Kier alpha value is -1.72. The molecule has 2 rings (SSSR count). The van der Waals surface area contributed by atoms with E-state index >= 15 is 0 Å². The minimum Gasteiger partial charge on any atom is -0.619 e. The molecule has 0 bridgehead atoms. The number of thioether (sulfide) groups is 1. The van der Waals surface area contributed by atoms with E-state index < -0.39 is 0 Å². The molecule has 5 heteroatoms. The molecule has 0 spiro atoms. The number of hydrogen-bond acceptors (Lipinski definition) is 4. The molecular formula is C17H21NO3S. The van der Waals surface area contributed by atoms with E-state index in [1.807, 2.05) is 50.2 Å². The lowest BCUT2D eigenvalue weighted by Gasteiger charge is -2.09. The third kappa shape index (κ3) is 5.24. The van der Waals surface area contributed by atoms with E-state index in [2.05, 4.69) is 0 Å². The molecule has 0 atom stereocenters. The Morgan fingerprint density at radius 3 is 2.64 bits per heavy atom. The highest BCUT2D eigenvalue weighted by molar-refractivity contribution is 7.99. The van der Waals surface area contributed by atoms with Crippen molar-refractivity contribution in [1.82, 2.24) is 0 Å². The molecule has 0 amide bonds. The minimum absolute atomic E-state index is 0.550. The summed E-state index contributed by atoms with van der Waals surface area (Å²) in [4.78, 5) is 1.13. The zero-order valence-electron chi connectivity index (χ0n) is 13.0. The van der Waals surface area contributed by atoms with Crippen molar-refractivity contribution >= 4 is 11.8 Å². The Morgan fingerprint density at radius 1 is 1.09 bits per heavy atom. The highest BCUT2D eigenvalue weighted by Gasteiger charge is 2.06. The van der Waals surface area contributed by atoms with Crippen molar-refractivity contribution in [2.45, 2.75) is 18.7 Å². The summed E-state index contributed by atoms with van der Waals surface area (Å²) in [6.07, 6.45) is 1.62. The summed E-state index contributed by atoms with van der Waals surface area (Å²) in [5, 5.41) is 11.4. The summed E-state index contributed by atoms with van der Waals surface area (Å²) < 4.78 is 12.0. The first-order valence-corrected chi connectivity index (χ1v) is 8.24. The SMILES string of the molecule is Cc1c[n+]([O-])c(C)cc1SCCOCCOc1ccccc1. The van der Waals surface area contributed by atoms with Crippen molar-refractivity contribution in [2.24, 2.45) is 0 Å². The van der Waals surface area contributed by atoms with Crippen LogP contribution in [0.1, 0.15) is 11.3 Å². The van der Waals surface area contributed by atoms with Crippen LogP contribution in [0.5, 0.6) is 5.75 Å². The molecule has 0 fully saturated rings. The Kier molecular flexibility index (Phi) is 6.55. The molecule has 1 heterocycles. The summed E-state index contributed by atoms with van der Waals surface area (Å²) in [6, 6.07) is 11.6. The summed E-state index contributed by atoms with van der Waals surface area (Å²) in [7, 11) is 0. The summed E-state index contributed by atoms with van der Waals surface area (Å²) in [5.41, 5.74) is 1.71. The number of benzene rings is 1. The van der Waals surface area contributed by atoms with Crippen LogP contribution >= 0.6 is 11.8 Å². The Bertz CT molecular complexity index is 590. The number of pyridine rings is 1. The van der Waals surface area contributed by atoms with Gasteiger partial charge in [-0.05, 0) is 19.1 Å². The average molecular weight is 319 g/mol. The van der Waals surface area contributed by atoms with Crippen molar-refractivity contribution < 1.29 is 14.2 Å². The second-order valence-corrected chi connectivity index (χ2v) is 6.05. The molecule has 0 saturated carbocycles. The van der Waals surface area contributed by atoms with E-state index in [4.69, 9.17) is 9.47 Å². The van der Waals surface area contributed by atoms with Gasteiger partial charge in [-0.2, -0.15) is 4.73 Å². The molecule has 0 aliphatic rings. The molecule has 0 aliphatic heterocycles. The number of aromatic nitrogens is 1. The molecule has 4 nitrogen and oxygen atoms in total. The fourth-order valence-electron chi connectivity index (χ4n) is 1.91. The van der Waals surface area contributed by atoms with Crippen LogP contribution in [-0.4, -0.2) is 25.6 Å². The predicted molar refractivity (Wildman–Crippen MR) is 88.4 cm³/mol. The first-order valence-electron chi connectivity index (χ1n) is 7.25. The zero-order valence-corrected chi connectivity index (χ0v) is 13.8. The molecule has 22 heavy (non-hydrogen) atoms. The molecule has 118 valence electrons. The number of rotatable bonds is 8. The van der Waals surface area contributed by atoms with Crippen molar-refractivity contribution in [3.05, 3.63) is 59.1 Å². The Morgan fingerprint density at radius 2 is 1.86 bits per heavy atom. The van der Waals surface area contributed by atoms with Gasteiger partial charge in [-0.25, -0.2) is 0 Å². The lowest BCUT2D eigenvalue weighted by atomic mass is 10.3. The topological polar surface area (TPSA) is 45.4 Å². The van der Waals surface area contributed by atoms with Gasteiger partial charge in [-0.15, -0.1) is 11.8 Å². The van der Waals surface area contributed by atoms with Gasteiger partial charge in [0.05, 0.1) is 13.2 Å². The van der Waals surface area contributed by atoms with Crippen molar-refractivity contribution in [1.29, 1.82) is 0 Å². The van der Waals surface area contributed by atoms with Gasteiger partial charge < -0.3 is 14.7 Å². The first kappa shape index (κ1) is 16.6. The third-order valence-electron chi connectivity index (χ3n) is 3.11. The van der Waals surface area contributed by atoms with Gasteiger partial charge in [0.25, 0.3) is 0 Å². The first-order chi connectivity index (χ1) is 10.7. The number of ether oxygens (including phenoxy) is 2. The minimum atomic E-state index is 0.550. The van der Waals surface area contributed by atoms with Crippen molar-refractivity contribution in [3.63, 3.8) is 0 Å². The average Bonchev–Trinajstić information content (AvgIpc) is 2.52. The standard InChI is InChI=1S/C17H21NO3S/c1-14-13-18(19)15(2)12-17(14)22-11-10-20-8-9-21-16-6-4-3-5-7-16/h3-7,12-13H,8-11H2,1-2H3. The van der Waals surface area contributed by atoms with E-state index in [1.54, 1.807) is 18.0 Å². The van der Waals surface area contributed by atoms with Crippen LogP contribution in [0.15, 0.2) is 47.5 Å². The normalized spacial score (nSPS) is 10.6. The maximum atomic E-state index is 11.4. The molecular weight excluding hydrogens is 298 g/mol. The molecule has 0 saturated heterocycles. The van der Waals surface area contributed by atoms with Crippen molar-refractivity contribution in [3.8, 4) is 5.75 Å². The van der Waals surface area contributed by atoms with Crippen LogP contribution in [0.2, 0.25) is 0 Å². The van der Waals surface area contributed by atoms with Gasteiger partial charge >= 0.3 is 0 Å². The number of para-hydroxylation sites is 1. The molecule has 2 aromatic rings. The zero-order chi connectivity index (χ0) is 15.8. The van der Waals surface area contributed by atoms with Gasteiger partial charge in [0.15, 0.2) is 11.9 Å². The van der Waals surface area contributed by atoms with Crippen LogP contribution < -0.4 is 9.47 Å². The van der Waals surface area contributed by atoms with Crippen molar-refractivity contribution in [2.75, 3.05) is 25.6 Å². The van der Waals surface area contributed by atoms with E-state index in [0.29, 0.717) is 25.5 Å².